The number of aryl methyl sites for hydroxylation is 2. The van der Waals surface area contributed by atoms with Crippen molar-refractivity contribution >= 4 is 22.7 Å². The molecule has 0 radical (unpaired) electrons. The number of nitrogens with zero attached hydrogens (tertiary/aromatic N) is 2. The average Bonchev–Trinajstić information content (AvgIpc) is 2.77. The molecule has 1 aromatic heterocycles. The second-order valence-electron chi connectivity index (χ2n) is 7.27. The molecule has 0 aliphatic carbocycles. The van der Waals surface area contributed by atoms with Crippen molar-refractivity contribution < 1.29 is 0 Å². The number of benzene rings is 3. The second kappa shape index (κ2) is 8.61. The average molecular weight is 380 g/mol. The van der Waals surface area contributed by atoms with Gasteiger partial charge in [0, 0.05) is 41.7 Å². The molecule has 144 valence electrons. The van der Waals surface area contributed by atoms with Gasteiger partial charge < -0.3 is 10.2 Å². The Kier molecular flexibility index (Phi) is 5.57. The van der Waals surface area contributed by atoms with Crippen molar-refractivity contribution in [2.24, 2.45) is 0 Å². The smallest absolute Gasteiger partial charge is 0.0463 e. The Morgan fingerprint density at radius 2 is 1.21 bits per heavy atom. The molecule has 0 fully saturated rings. The first-order chi connectivity index (χ1) is 14.2. The van der Waals surface area contributed by atoms with Gasteiger partial charge in [0.15, 0.2) is 0 Å². The van der Waals surface area contributed by atoms with Crippen LogP contribution in [0.3, 0.4) is 0 Å². The van der Waals surface area contributed by atoms with Crippen LogP contribution in [0, 0.1) is 13.8 Å². The molecule has 3 nitrogen and oxygen atoms in total. The van der Waals surface area contributed by atoms with E-state index in [0.717, 1.165) is 34.9 Å². The van der Waals surface area contributed by atoms with Crippen LogP contribution in [-0.4, -0.2) is 4.98 Å². The van der Waals surface area contributed by atoms with Crippen LogP contribution in [0.2, 0.25) is 0 Å². The molecule has 0 unspecified atom stereocenters. The van der Waals surface area contributed by atoms with Gasteiger partial charge in [-0.1, -0.05) is 41.5 Å². The number of nitrogens with one attached hydrogen (secondary N) is 1. The molecule has 29 heavy (non-hydrogen) atoms. The summed E-state index contributed by atoms with van der Waals surface area (Å²) in [6, 6.07) is 29.9. The maximum atomic E-state index is 4.17. The molecular weight excluding hydrogens is 354 g/mol. The van der Waals surface area contributed by atoms with E-state index in [0.29, 0.717) is 0 Å². The Morgan fingerprint density at radius 1 is 0.690 bits per heavy atom. The second-order valence-corrected chi connectivity index (χ2v) is 7.27. The van der Waals surface area contributed by atoms with Gasteiger partial charge in [-0.25, -0.2) is 0 Å². The molecule has 0 amide bonds. The third kappa shape index (κ3) is 4.64. The first-order valence-corrected chi connectivity index (χ1v) is 9.85. The lowest BCUT2D eigenvalue weighted by molar-refractivity contribution is 1.11. The van der Waals surface area contributed by atoms with Crippen molar-refractivity contribution in [2.75, 3.05) is 10.2 Å². The minimum absolute atomic E-state index is 0.757. The zero-order valence-electron chi connectivity index (χ0n) is 16.8. The van der Waals surface area contributed by atoms with Gasteiger partial charge in [-0.3, -0.25) is 4.98 Å². The van der Waals surface area contributed by atoms with Crippen molar-refractivity contribution in [3.8, 4) is 0 Å². The maximum Gasteiger partial charge on any atom is 0.0463 e. The van der Waals surface area contributed by atoms with Crippen LogP contribution >= 0.6 is 0 Å². The van der Waals surface area contributed by atoms with Gasteiger partial charge in [-0.2, -0.15) is 0 Å². The van der Waals surface area contributed by atoms with Gasteiger partial charge in [0.1, 0.15) is 0 Å². The highest BCUT2D eigenvalue weighted by Crippen LogP contribution is 2.35. The number of anilines is 4. The number of hydrogen-bond acceptors (Lipinski definition) is 3. The van der Waals surface area contributed by atoms with Crippen LogP contribution in [-0.2, 0) is 6.54 Å². The van der Waals surface area contributed by atoms with Crippen LogP contribution < -0.4 is 10.2 Å². The summed E-state index contributed by atoms with van der Waals surface area (Å²) in [5, 5.41) is 3.46. The Labute approximate surface area is 172 Å². The van der Waals surface area contributed by atoms with E-state index in [1.54, 1.807) is 6.20 Å². The third-order valence-electron chi connectivity index (χ3n) is 4.93. The molecule has 0 spiro atoms. The number of hydrogen-bond donors (Lipinski definition) is 1. The zero-order chi connectivity index (χ0) is 20.1. The van der Waals surface area contributed by atoms with E-state index < -0.39 is 0 Å². The third-order valence-corrected chi connectivity index (χ3v) is 4.93. The van der Waals surface area contributed by atoms with E-state index >= 15 is 0 Å². The fourth-order valence-electron chi connectivity index (χ4n) is 3.27. The monoisotopic (exact) mass is 379 g/mol. The van der Waals surface area contributed by atoms with Crippen LogP contribution in [0.4, 0.5) is 22.7 Å². The molecule has 0 saturated heterocycles. The first kappa shape index (κ1) is 18.8. The first-order valence-electron chi connectivity index (χ1n) is 9.85. The molecule has 1 heterocycles. The number of pyridine rings is 1. The van der Waals surface area contributed by atoms with Gasteiger partial charge in [0.05, 0.1) is 0 Å². The van der Waals surface area contributed by atoms with Gasteiger partial charge in [-0.05, 0) is 74.0 Å². The van der Waals surface area contributed by atoms with Crippen LogP contribution in [0.15, 0.2) is 97.3 Å². The van der Waals surface area contributed by atoms with Crippen molar-refractivity contribution in [3.05, 3.63) is 114 Å². The highest BCUT2D eigenvalue weighted by atomic mass is 15.1. The number of rotatable bonds is 6. The Bertz CT molecular complexity index is 992. The molecule has 3 aromatic carbocycles. The fourth-order valence-corrected chi connectivity index (χ4v) is 3.27. The van der Waals surface area contributed by atoms with E-state index in [9.17, 15) is 0 Å². The van der Waals surface area contributed by atoms with Crippen molar-refractivity contribution in [3.63, 3.8) is 0 Å². The molecule has 0 atom stereocenters. The Balaban J connectivity index is 1.60. The molecule has 3 heteroatoms. The quantitative estimate of drug-likeness (QED) is 0.400. The maximum absolute atomic E-state index is 4.17. The normalized spacial score (nSPS) is 10.6. The molecule has 0 saturated carbocycles. The summed E-state index contributed by atoms with van der Waals surface area (Å²) in [6.45, 7) is 4.98. The van der Waals surface area contributed by atoms with E-state index in [1.165, 1.54) is 11.1 Å². The lowest BCUT2D eigenvalue weighted by Crippen LogP contribution is -2.10. The lowest BCUT2D eigenvalue weighted by atomic mass is 10.1. The molecular formula is C26H25N3. The van der Waals surface area contributed by atoms with Crippen LogP contribution in [0.5, 0.6) is 0 Å². The summed E-state index contributed by atoms with van der Waals surface area (Å²) in [6.07, 6.45) is 3.68. The summed E-state index contributed by atoms with van der Waals surface area (Å²) < 4.78 is 0. The summed E-state index contributed by atoms with van der Waals surface area (Å²) in [5.41, 5.74) is 8.19. The summed E-state index contributed by atoms with van der Waals surface area (Å²) in [7, 11) is 0. The van der Waals surface area contributed by atoms with Gasteiger partial charge in [-0.15, -0.1) is 0 Å². The van der Waals surface area contributed by atoms with Crippen molar-refractivity contribution in [1.29, 1.82) is 0 Å². The van der Waals surface area contributed by atoms with Crippen molar-refractivity contribution in [2.45, 2.75) is 20.4 Å². The van der Waals surface area contributed by atoms with E-state index in [-0.39, 0.29) is 0 Å². The van der Waals surface area contributed by atoms with Crippen LogP contribution in [0.1, 0.15) is 16.7 Å². The summed E-state index contributed by atoms with van der Waals surface area (Å²) >= 11 is 0. The predicted octanol–water partition coefficient (Wildman–Crippen LogP) is 6.78. The minimum atomic E-state index is 0.757. The van der Waals surface area contributed by atoms with Gasteiger partial charge in [0.2, 0.25) is 0 Å². The zero-order valence-corrected chi connectivity index (χ0v) is 16.8. The molecule has 4 aromatic rings. The van der Waals surface area contributed by atoms with Gasteiger partial charge >= 0.3 is 0 Å². The molecule has 1 N–H and O–H groups in total. The number of aromatic nitrogens is 1. The predicted molar refractivity (Wildman–Crippen MR) is 122 cm³/mol. The molecule has 0 aliphatic rings. The van der Waals surface area contributed by atoms with Crippen LogP contribution in [0.25, 0.3) is 0 Å². The minimum Gasteiger partial charge on any atom is -0.381 e. The summed E-state index contributed by atoms with van der Waals surface area (Å²) in [4.78, 5) is 6.45. The standard InChI is InChI=1S/C26H25N3/c1-20-5-11-24(12-6-20)29(25-13-7-21(2)8-14-25)26-15-9-23(10-16-26)28-19-22-4-3-17-27-18-22/h3-18,28H,19H2,1-2H3. The Hall–Kier alpha value is -3.59. The molecule has 0 aliphatic heterocycles. The fraction of sp³-hybridized carbons (Fsp3) is 0.115. The topological polar surface area (TPSA) is 28.2 Å². The SMILES string of the molecule is Cc1ccc(N(c2ccc(C)cc2)c2ccc(NCc3cccnc3)cc2)cc1. The highest BCUT2D eigenvalue weighted by molar-refractivity contribution is 5.77. The molecule has 0 bridgehead atoms. The van der Waals surface area contributed by atoms with Crippen molar-refractivity contribution in [1.82, 2.24) is 4.98 Å². The largest absolute Gasteiger partial charge is 0.381 e. The van der Waals surface area contributed by atoms with E-state index in [1.807, 2.05) is 12.3 Å². The highest BCUT2D eigenvalue weighted by Gasteiger charge is 2.12. The van der Waals surface area contributed by atoms with E-state index in [4.69, 9.17) is 0 Å². The van der Waals surface area contributed by atoms with Gasteiger partial charge in [0.25, 0.3) is 0 Å². The lowest BCUT2D eigenvalue weighted by Gasteiger charge is -2.26. The van der Waals surface area contributed by atoms with E-state index in [2.05, 4.69) is 108 Å². The summed E-state index contributed by atoms with van der Waals surface area (Å²) in [5.74, 6) is 0. The molecule has 4 rings (SSSR count). The Morgan fingerprint density at radius 3 is 1.69 bits per heavy atom.